The fourth-order valence-corrected chi connectivity index (χ4v) is 13.6. The highest BCUT2D eigenvalue weighted by Crippen LogP contribution is 2.66. The first-order valence-corrected chi connectivity index (χ1v) is 23.5. The summed E-state index contributed by atoms with van der Waals surface area (Å²) in [4.78, 5) is 6.57. The van der Waals surface area contributed by atoms with Gasteiger partial charge in [0.15, 0.2) is 0 Å². The van der Waals surface area contributed by atoms with Gasteiger partial charge < -0.3 is 9.80 Å². The van der Waals surface area contributed by atoms with Crippen molar-refractivity contribution >= 4 is 67.9 Å². The van der Waals surface area contributed by atoms with Crippen molar-refractivity contribution in [3.05, 3.63) is 245 Å². The predicted molar refractivity (Wildman–Crippen MR) is 275 cm³/mol. The second-order valence-corrected chi connectivity index (χ2v) is 19.1. The molecule has 4 aliphatic rings. The molecule has 2 aliphatic heterocycles. The van der Waals surface area contributed by atoms with Crippen LogP contribution in [0.1, 0.15) is 32.7 Å². The highest BCUT2D eigenvalue weighted by Gasteiger charge is 2.56. The van der Waals surface area contributed by atoms with Gasteiger partial charge in [0.2, 0.25) is 0 Å². The summed E-state index contributed by atoms with van der Waals surface area (Å²) in [6, 6.07) is 79.9. The lowest BCUT2D eigenvalue weighted by molar-refractivity contribution is 0.811. The number of thiophene rings is 1. The molecule has 0 saturated heterocycles. The standard InChI is InChI=1S/C61H41BN2S/c1-38-28-32-43(33-29-38)63-53-26-15-27-54-57(53)62(52-35-31-41(37-55(52)63)48-36-39(2)30-34-44(48)40-16-5-3-6-17-40)60-58(64(54)42-18-7-4-8-19-42)56-47-22-11-14-25-51(47)61(59(56)65-60)49-23-12-9-20-45(49)46-21-10-13-24-50(46)61/h3-37H,1-2H3. The van der Waals surface area contributed by atoms with E-state index in [0.29, 0.717) is 0 Å². The van der Waals surface area contributed by atoms with Crippen LogP contribution in [0.25, 0.3) is 44.5 Å². The fraction of sp³-hybridized carbons (Fsp3) is 0.0492. The molecule has 4 heteroatoms. The molecule has 1 aromatic heterocycles. The van der Waals surface area contributed by atoms with Gasteiger partial charge in [0.25, 0.3) is 6.71 Å². The van der Waals surface area contributed by atoms with E-state index in [1.54, 1.807) is 0 Å². The Hall–Kier alpha value is -7.66. The minimum Gasteiger partial charge on any atom is -0.311 e. The summed E-state index contributed by atoms with van der Waals surface area (Å²) in [5.74, 6) is 0. The number of benzene rings is 9. The summed E-state index contributed by atoms with van der Waals surface area (Å²) in [6.45, 7) is 4.38. The van der Waals surface area contributed by atoms with Crippen molar-refractivity contribution in [3.63, 3.8) is 0 Å². The van der Waals surface area contributed by atoms with Gasteiger partial charge in [0.05, 0.1) is 11.1 Å². The van der Waals surface area contributed by atoms with Crippen molar-refractivity contribution < 1.29 is 0 Å². The number of aryl methyl sites for hydroxylation is 2. The van der Waals surface area contributed by atoms with Crippen LogP contribution in [0.15, 0.2) is 212 Å². The molecule has 0 amide bonds. The second kappa shape index (κ2) is 13.7. The van der Waals surface area contributed by atoms with Crippen LogP contribution < -0.4 is 25.5 Å². The largest absolute Gasteiger partial charge is 0.311 e. The molecule has 10 aromatic rings. The molecule has 0 saturated carbocycles. The molecule has 1 spiro atoms. The van der Waals surface area contributed by atoms with Crippen LogP contribution in [0.2, 0.25) is 0 Å². The van der Waals surface area contributed by atoms with Gasteiger partial charge >= 0.3 is 0 Å². The molecule has 0 N–H and O–H groups in total. The molecule has 0 radical (unpaired) electrons. The summed E-state index contributed by atoms with van der Waals surface area (Å²) in [5, 5.41) is 0. The Bertz CT molecular complexity index is 3540. The summed E-state index contributed by atoms with van der Waals surface area (Å²) < 4.78 is 1.40. The number of fused-ring (bicyclic) bond motifs is 15. The van der Waals surface area contributed by atoms with E-state index in [0.717, 1.165) is 5.69 Å². The highest BCUT2D eigenvalue weighted by atomic mass is 32.1. The zero-order valence-corrected chi connectivity index (χ0v) is 36.9. The Morgan fingerprint density at radius 3 is 1.71 bits per heavy atom. The Kier molecular flexibility index (Phi) is 7.74. The number of hydrogen-bond acceptors (Lipinski definition) is 3. The molecule has 3 heterocycles. The van der Waals surface area contributed by atoms with E-state index in [9.17, 15) is 0 Å². The fourth-order valence-electron chi connectivity index (χ4n) is 11.9. The Labute approximate surface area is 384 Å². The number of hydrogen-bond donors (Lipinski definition) is 0. The maximum Gasteiger partial charge on any atom is 0.264 e. The number of para-hydroxylation sites is 1. The normalized spacial score (nSPS) is 14.0. The zero-order chi connectivity index (χ0) is 43.0. The van der Waals surface area contributed by atoms with Gasteiger partial charge in [-0.25, -0.2) is 0 Å². The van der Waals surface area contributed by atoms with Crippen molar-refractivity contribution in [3.8, 4) is 44.5 Å². The van der Waals surface area contributed by atoms with E-state index in [1.165, 1.54) is 121 Å². The van der Waals surface area contributed by atoms with Crippen molar-refractivity contribution in [2.24, 2.45) is 0 Å². The second-order valence-electron chi connectivity index (χ2n) is 18.1. The van der Waals surface area contributed by atoms with Crippen molar-refractivity contribution in [1.29, 1.82) is 0 Å². The molecular formula is C61H41BN2S. The van der Waals surface area contributed by atoms with E-state index in [-0.39, 0.29) is 6.71 Å². The molecule has 2 aliphatic carbocycles. The third-order valence-corrected chi connectivity index (χ3v) is 15.9. The van der Waals surface area contributed by atoms with Crippen LogP contribution in [-0.4, -0.2) is 6.71 Å². The molecule has 0 bridgehead atoms. The minimum absolute atomic E-state index is 0.000262. The average Bonchev–Trinajstić information content (AvgIpc) is 3.99. The van der Waals surface area contributed by atoms with Gasteiger partial charge in [-0.2, -0.15) is 0 Å². The molecule has 2 nitrogen and oxygen atoms in total. The molecule has 304 valence electrons. The topological polar surface area (TPSA) is 6.48 Å². The van der Waals surface area contributed by atoms with Gasteiger partial charge in [-0.15, -0.1) is 11.3 Å². The van der Waals surface area contributed by atoms with Crippen molar-refractivity contribution in [2.45, 2.75) is 19.3 Å². The number of anilines is 6. The van der Waals surface area contributed by atoms with Crippen LogP contribution in [0.5, 0.6) is 0 Å². The van der Waals surface area contributed by atoms with E-state index >= 15 is 0 Å². The first-order chi connectivity index (χ1) is 32.1. The lowest BCUT2D eigenvalue weighted by Crippen LogP contribution is -2.60. The van der Waals surface area contributed by atoms with Crippen molar-refractivity contribution in [2.75, 3.05) is 9.80 Å². The van der Waals surface area contributed by atoms with E-state index in [2.05, 4.69) is 236 Å². The summed E-state index contributed by atoms with van der Waals surface area (Å²) in [5.41, 5.74) is 26.4. The lowest BCUT2D eigenvalue weighted by atomic mass is 9.36. The third-order valence-electron chi connectivity index (χ3n) is 14.6. The molecule has 0 atom stereocenters. The maximum absolute atomic E-state index is 2.61. The summed E-state index contributed by atoms with van der Waals surface area (Å²) in [6.07, 6.45) is 0. The van der Waals surface area contributed by atoms with Crippen LogP contribution in [0.3, 0.4) is 0 Å². The summed E-state index contributed by atoms with van der Waals surface area (Å²) >= 11 is 2.05. The first kappa shape index (κ1) is 36.8. The van der Waals surface area contributed by atoms with Gasteiger partial charge in [0.1, 0.15) is 0 Å². The Morgan fingerprint density at radius 2 is 1.00 bits per heavy atom. The molecule has 0 unspecified atom stereocenters. The number of nitrogens with zero attached hydrogens (tertiary/aromatic N) is 2. The van der Waals surface area contributed by atoms with E-state index in [1.807, 2.05) is 11.3 Å². The van der Waals surface area contributed by atoms with Gasteiger partial charge in [-0.05, 0) is 123 Å². The Morgan fingerprint density at radius 1 is 0.415 bits per heavy atom. The SMILES string of the molecule is Cc1ccc(N2c3cc(-c4cc(C)ccc4-c4ccccc4)ccc3B3c4sc5c(c4N(c4ccccc4)c4cccc2c43)-c2ccccc2C52c3ccccc3-c3ccccc32)cc1. The Balaban J connectivity index is 1.09. The molecular weight excluding hydrogens is 804 g/mol. The monoisotopic (exact) mass is 844 g/mol. The molecule has 65 heavy (non-hydrogen) atoms. The van der Waals surface area contributed by atoms with Gasteiger partial charge in [-0.1, -0.05) is 181 Å². The van der Waals surface area contributed by atoms with Crippen molar-refractivity contribution in [1.82, 2.24) is 0 Å². The molecule has 9 aromatic carbocycles. The zero-order valence-electron chi connectivity index (χ0n) is 36.1. The van der Waals surface area contributed by atoms with E-state index in [4.69, 9.17) is 0 Å². The van der Waals surface area contributed by atoms with Gasteiger partial charge in [0, 0.05) is 43.7 Å². The predicted octanol–water partition coefficient (Wildman–Crippen LogP) is 14.1. The van der Waals surface area contributed by atoms with Crippen LogP contribution >= 0.6 is 11.3 Å². The highest BCUT2D eigenvalue weighted by molar-refractivity contribution is 7.30. The minimum atomic E-state index is -0.438. The van der Waals surface area contributed by atoms with Crippen LogP contribution in [0, 0.1) is 13.8 Å². The lowest BCUT2D eigenvalue weighted by Gasteiger charge is -2.43. The quantitative estimate of drug-likeness (QED) is 0.163. The number of rotatable bonds is 4. The van der Waals surface area contributed by atoms with Crippen LogP contribution in [-0.2, 0) is 5.41 Å². The smallest absolute Gasteiger partial charge is 0.264 e. The molecule has 14 rings (SSSR count). The summed E-state index contributed by atoms with van der Waals surface area (Å²) in [7, 11) is 0. The maximum atomic E-state index is 2.61. The van der Waals surface area contributed by atoms with Gasteiger partial charge in [-0.3, -0.25) is 0 Å². The van der Waals surface area contributed by atoms with Crippen LogP contribution in [0.4, 0.5) is 34.1 Å². The van der Waals surface area contributed by atoms with E-state index < -0.39 is 5.41 Å². The first-order valence-electron chi connectivity index (χ1n) is 22.7. The average molecular weight is 845 g/mol. The third kappa shape index (κ3) is 4.95. The molecule has 0 fully saturated rings.